The minimum Gasteiger partial charge on any atom is -0.396 e. The van der Waals surface area contributed by atoms with Gasteiger partial charge in [-0.25, -0.2) is 9.97 Å². The van der Waals surface area contributed by atoms with Crippen molar-refractivity contribution >= 4 is 16.9 Å². The first-order chi connectivity index (χ1) is 12.2. The highest BCUT2D eigenvalue weighted by Gasteiger charge is 2.18. The molecular formula is C19H32N4O2. The van der Waals surface area contributed by atoms with Crippen LogP contribution in [0.4, 0.5) is 5.82 Å². The monoisotopic (exact) mass is 348 g/mol. The van der Waals surface area contributed by atoms with Gasteiger partial charge in [-0.15, -0.1) is 0 Å². The highest BCUT2D eigenvalue weighted by atomic mass is 16.5. The number of aromatic nitrogens is 3. The van der Waals surface area contributed by atoms with Crippen LogP contribution in [0.2, 0.25) is 0 Å². The molecule has 3 heterocycles. The zero-order chi connectivity index (χ0) is 18.1. The van der Waals surface area contributed by atoms with Gasteiger partial charge in [-0.1, -0.05) is 32.6 Å². The molecule has 140 valence electrons. The largest absolute Gasteiger partial charge is 0.396 e. The van der Waals surface area contributed by atoms with E-state index in [1.54, 1.807) is 0 Å². The molecule has 1 aliphatic rings. The first-order valence-electron chi connectivity index (χ1n) is 9.47. The number of unbranched alkanes of at least 4 members (excludes halogenated alkanes) is 4. The summed E-state index contributed by atoms with van der Waals surface area (Å²) in [5, 5.41) is 8.37. The summed E-state index contributed by atoms with van der Waals surface area (Å²) in [5.41, 5.74) is 7.80. The van der Waals surface area contributed by atoms with Gasteiger partial charge < -0.3 is 20.1 Å². The third-order valence-corrected chi connectivity index (χ3v) is 4.44. The molecule has 1 unspecified atom stereocenters. The number of nitrogens with two attached hydrogens (primary N) is 1. The second-order valence-corrected chi connectivity index (χ2v) is 6.63. The van der Waals surface area contributed by atoms with Gasteiger partial charge in [0, 0.05) is 26.0 Å². The van der Waals surface area contributed by atoms with Crippen molar-refractivity contribution in [3.05, 3.63) is 18.1 Å². The highest BCUT2D eigenvalue weighted by Crippen LogP contribution is 2.22. The third kappa shape index (κ3) is 5.97. The molecular weight excluding hydrogens is 316 g/mol. The first kappa shape index (κ1) is 19.7. The van der Waals surface area contributed by atoms with E-state index >= 15 is 0 Å². The second kappa shape index (κ2) is 10.4. The molecule has 0 radical (unpaired) electrons. The maximum atomic E-state index is 8.37. The molecule has 1 atom stereocenters. The van der Waals surface area contributed by atoms with E-state index in [2.05, 4.69) is 21.5 Å². The minimum atomic E-state index is 0.298. The van der Waals surface area contributed by atoms with Crippen molar-refractivity contribution in [2.75, 3.05) is 18.9 Å². The lowest BCUT2D eigenvalue weighted by molar-refractivity contribution is 0.0980. The Kier molecular flexibility index (Phi) is 8.15. The average molecular weight is 348 g/mol. The SMILES string of the molecule is CCCCCCCO.Cc1nc(N)c2c(ccn2CC2CCCO2)n1. The van der Waals surface area contributed by atoms with Crippen LogP contribution in [0.15, 0.2) is 12.3 Å². The quantitative estimate of drug-likeness (QED) is 0.749. The number of nitrogen functional groups attached to an aromatic ring is 1. The Hall–Kier alpha value is -1.66. The van der Waals surface area contributed by atoms with Gasteiger partial charge >= 0.3 is 0 Å². The van der Waals surface area contributed by atoms with Crippen LogP contribution in [-0.4, -0.2) is 39.0 Å². The van der Waals surface area contributed by atoms with Gasteiger partial charge in [0.25, 0.3) is 0 Å². The molecule has 1 aliphatic heterocycles. The lowest BCUT2D eigenvalue weighted by Gasteiger charge is -2.12. The van der Waals surface area contributed by atoms with Crippen molar-refractivity contribution < 1.29 is 9.84 Å². The van der Waals surface area contributed by atoms with E-state index in [0.717, 1.165) is 43.4 Å². The van der Waals surface area contributed by atoms with Crippen LogP contribution in [-0.2, 0) is 11.3 Å². The molecule has 3 N–H and O–H groups in total. The van der Waals surface area contributed by atoms with E-state index in [1.807, 2.05) is 19.2 Å². The molecule has 0 spiro atoms. The zero-order valence-corrected chi connectivity index (χ0v) is 15.6. The fourth-order valence-electron chi connectivity index (χ4n) is 3.13. The fraction of sp³-hybridized carbons (Fsp3) is 0.684. The van der Waals surface area contributed by atoms with Crippen LogP contribution in [0, 0.1) is 6.92 Å². The van der Waals surface area contributed by atoms with Crippen molar-refractivity contribution in [3.63, 3.8) is 0 Å². The van der Waals surface area contributed by atoms with Gasteiger partial charge in [0.15, 0.2) is 5.82 Å². The molecule has 0 aliphatic carbocycles. The van der Waals surface area contributed by atoms with Gasteiger partial charge in [0.1, 0.15) is 11.3 Å². The molecule has 25 heavy (non-hydrogen) atoms. The summed E-state index contributed by atoms with van der Waals surface area (Å²) in [6.07, 6.45) is 10.6. The Labute approximate surface area is 150 Å². The number of ether oxygens (including phenoxy) is 1. The van der Waals surface area contributed by atoms with Crippen molar-refractivity contribution in [2.24, 2.45) is 0 Å². The molecule has 6 heteroatoms. The third-order valence-electron chi connectivity index (χ3n) is 4.44. The lowest BCUT2D eigenvalue weighted by Crippen LogP contribution is -2.15. The van der Waals surface area contributed by atoms with Gasteiger partial charge in [-0.2, -0.15) is 0 Å². The van der Waals surface area contributed by atoms with E-state index in [4.69, 9.17) is 15.6 Å². The molecule has 0 amide bonds. The fourth-order valence-corrected chi connectivity index (χ4v) is 3.13. The Morgan fingerprint density at radius 3 is 2.76 bits per heavy atom. The van der Waals surface area contributed by atoms with Crippen LogP contribution >= 0.6 is 0 Å². The van der Waals surface area contributed by atoms with Crippen LogP contribution in [0.25, 0.3) is 11.0 Å². The van der Waals surface area contributed by atoms with E-state index < -0.39 is 0 Å². The predicted molar refractivity (Wildman–Crippen MR) is 101 cm³/mol. The number of aryl methyl sites for hydroxylation is 1. The summed E-state index contributed by atoms with van der Waals surface area (Å²) < 4.78 is 7.73. The normalized spacial score (nSPS) is 16.8. The maximum Gasteiger partial charge on any atom is 0.151 e. The molecule has 0 bridgehead atoms. The van der Waals surface area contributed by atoms with Gasteiger partial charge in [0.2, 0.25) is 0 Å². The number of nitrogens with zero attached hydrogens (tertiary/aromatic N) is 3. The number of aliphatic hydroxyl groups is 1. The number of fused-ring (bicyclic) bond motifs is 1. The van der Waals surface area contributed by atoms with Gasteiger partial charge in [-0.05, 0) is 32.3 Å². The van der Waals surface area contributed by atoms with Crippen molar-refractivity contribution in [1.29, 1.82) is 0 Å². The molecule has 0 saturated carbocycles. The smallest absolute Gasteiger partial charge is 0.151 e. The van der Waals surface area contributed by atoms with Crippen molar-refractivity contribution in [1.82, 2.24) is 14.5 Å². The maximum absolute atomic E-state index is 8.37. The molecule has 2 aromatic rings. The Bertz CT molecular complexity index is 630. The van der Waals surface area contributed by atoms with Crippen LogP contribution in [0.1, 0.15) is 57.7 Å². The van der Waals surface area contributed by atoms with E-state index in [1.165, 1.54) is 25.7 Å². The molecule has 3 rings (SSSR count). The minimum absolute atomic E-state index is 0.298. The van der Waals surface area contributed by atoms with Crippen LogP contribution in [0.5, 0.6) is 0 Å². The molecule has 2 aromatic heterocycles. The average Bonchev–Trinajstić information content (AvgIpc) is 3.23. The zero-order valence-electron chi connectivity index (χ0n) is 15.6. The summed E-state index contributed by atoms with van der Waals surface area (Å²) in [6.45, 7) is 6.12. The second-order valence-electron chi connectivity index (χ2n) is 6.63. The molecule has 0 aromatic carbocycles. The Balaban J connectivity index is 0.000000242. The number of aliphatic hydroxyl groups excluding tert-OH is 1. The topological polar surface area (TPSA) is 86.2 Å². The summed E-state index contributed by atoms with van der Waals surface area (Å²) in [5.74, 6) is 1.26. The van der Waals surface area contributed by atoms with Crippen LogP contribution in [0.3, 0.4) is 0 Å². The lowest BCUT2D eigenvalue weighted by atomic mass is 10.2. The van der Waals surface area contributed by atoms with Gasteiger partial charge in [-0.3, -0.25) is 0 Å². The predicted octanol–water partition coefficient (Wildman–Crippen LogP) is 3.45. The van der Waals surface area contributed by atoms with Gasteiger partial charge in [0.05, 0.1) is 11.6 Å². The molecule has 6 nitrogen and oxygen atoms in total. The molecule has 1 saturated heterocycles. The van der Waals surface area contributed by atoms with E-state index in [9.17, 15) is 0 Å². The van der Waals surface area contributed by atoms with E-state index in [0.29, 0.717) is 24.4 Å². The Morgan fingerprint density at radius 2 is 2.08 bits per heavy atom. The number of hydrogen-bond donors (Lipinski definition) is 2. The van der Waals surface area contributed by atoms with E-state index in [-0.39, 0.29) is 0 Å². The summed E-state index contributed by atoms with van der Waals surface area (Å²) in [7, 11) is 0. The number of hydrogen-bond acceptors (Lipinski definition) is 5. The Morgan fingerprint density at radius 1 is 1.28 bits per heavy atom. The van der Waals surface area contributed by atoms with Crippen LogP contribution < -0.4 is 5.73 Å². The highest BCUT2D eigenvalue weighted by molar-refractivity contribution is 5.85. The number of anilines is 1. The standard InChI is InChI=1S/C12H16N4O.C7H16O/c1-8-14-10-4-5-16(11(10)12(13)15-8)7-9-3-2-6-17-9;1-2-3-4-5-6-7-8/h4-5,9H,2-3,6-7H2,1H3,(H2,13,14,15);8H,2-7H2,1H3. The first-order valence-corrected chi connectivity index (χ1v) is 9.47. The van der Waals surface area contributed by atoms with Crippen molar-refractivity contribution in [3.8, 4) is 0 Å². The molecule has 1 fully saturated rings. The summed E-state index contributed by atoms with van der Waals surface area (Å²) >= 11 is 0. The summed E-state index contributed by atoms with van der Waals surface area (Å²) in [6, 6.07) is 1.98. The number of rotatable bonds is 7. The summed E-state index contributed by atoms with van der Waals surface area (Å²) in [4.78, 5) is 8.59. The van der Waals surface area contributed by atoms with Crippen molar-refractivity contribution in [2.45, 2.75) is 71.4 Å².